The molecule has 0 bridgehead atoms. The molecule has 13 heavy (non-hydrogen) atoms. The minimum Gasteiger partial charge on any atom is -0.394 e. The third-order valence-electron chi connectivity index (χ3n) is 2.85. The van der Waals surface area contributed by atoms with Gasteiger partial charge in [-0.3, -0.25) is 0 Å². The van der Waals surface area contributed by atoms with Crippen molar-refractivity contribution in [1.82, 2.24) is 0 Å². The summed E-state index contributed by atoms with van der Waals surface area (Å²) in [7, 11) is 5.62. The van der Waals surface area contributed by atoms with Crippen molar-refractivity contribution in [2.45, 2.75) is 36.7 Å². The van der Waals surface area contributed by atoms with Crippen LogP contribution in [0.4, 0.5) is 0 Å². The van der Waals surface area contributed by atoms with E-state index >= 15 is 0 Å². The molecule has 0 aromatic carbocycles. The molecule has 2 radical (unpaired) electrons. The Bertz CT molecular complexity index is 201. The van der Waals surface area contributed by atoms with E-state index < -0.39 is 23.8 Å². The largest absolute Gasteiger partial charge is 0.394 e. The van der Waals surface area contributed by atoms with Crippen LogP contribution < -0.4 is 0 Å². The molecule has 2 heterocycles. The van der Waals surface area contributed by atoms with Crippen molar-refractivity contribution in [1.29, 1.82) is 0 Å². The van der Waals surface area contributed by atoms with Gasteiger partial charge in [0.05, 0.1) is 6.61 Å². The van der Waals surface area contributed by atoms with Gasteiger partial charge in [-0.15, -0.1) is 0 Å². The van der Waals surface area contributed by atoms with Gasteiger partial charge in [0.2, 0.25) is 0 Å². The van der Waals surface area contributed by atoms with Crippen LogP contribution >= 0.6 is 0 Å². The van der Waals surface area contributed by atoms with E-state index in [2.05, 4.69) is 0 Å². The summed E-state index contributed by atoms with van der Waals surface area (Å²) in [4.78, 5) is 0. The van der Waals surface area contributed by atoms with Gasteiger partial charge in [-0.25, -0.2) is 0 Å². The number of hydrogen-bond acceptors (Lipinski definition) is 4. The van der Waals surface area contributed by atoms with Crippen LogP contribution in [0.1, 0.15) is 12.8 Å². The third-order valence-corrected chi connectivity index (χ3v) is 2.85. The van der Waals surface area contributed by atoms with Gasteiger partial charge in [0.25, 0.3) is 0 Å². The summed E-state index contributed by atoms with van der Waals surface area (Å²) in [5.74, 6) is 0. The molecule has 2 aliphatic heterocycles. The Balaban J connectivity index is 2.20. The summed E-state index contributed by atoms with van der Waals surface area (Å²) in [5.41, 5.74) is -1.09. The van der Waals surface area contributed by atoms with Crippen LogP contribution in [0.5, 0.6) is 0 Å². The minimum atomic E-state index is -1.09. The first kappa shape index (κ1) is 9.46. The second kappa shape index (κ2) is 3.24. The number of fused-ring (bicyclic) bond motifs is 1. The predicted octanol–water partition coefficient (Wildman–Crippen LogP) is -1.22. The topological polar surface area (TPSA) is 58.9 Å². The van der Waals surface area contributed by atoms with Gasteiger partial charge in [-0.05, 0) is 12.8 Å². The third kappa shape index (κ3) is 1.31. The van der Waals surface area contributed by atoms with E-state index in [0.29, 0.717) is 13.0 Å². The highest BCUT2D eigenvalue weighted by molar-refractivity contribution is 6.11. The first-order chi connectivity index (χ1) is 6.18. The second-order valence-electron chi connectivity index (χ2n) is 3.66. The van der Waals surface area contributed by atoms with Gasteiger partial charge in [-0.1, -0.05) is 0 Å². The van der Waals surface area contributed by atoms with E-state index in [9.17, 15) is 5.11 Å². The second-order valence-corrected chi connectivity index (χ2v) is 3.66. The molecule has 72 valence electrons. The Labute approximate surface area is 78.2 Å². The first-order valence-corrected chi connectivity index (χ1v) is 4.54. The molecule has 0 aromatic rings. The fraction of sp³-hybridized carbons (Fsp3) is 1.00. The summed E-state index contributed by atoms with van der Waals surface area (Å²) in [5, 5.41) is 19.1. The van der Waals surface area contributed by atoms with Crippen LogP contribution in [-0.2, 0) is 9.47 Å². The maximum absolute atomic E-state index is 10.2. The average Bonchev–Trinajstić information content (AvgIpc) is 2.38. The molecule has 0 aromatic heterocycles. The van der Waals surface area contributed by atoms with E-state index in [1.807, 2.05) is 0 Å². The Morgan fingerprint density at radius 1 is 1.54 bits per heavy atom. The molecule has 0 aliphatic carbocycles. The van der Waals surface area contributed by atoms with Gasteiger partial charge < -0.3 is 19.7 Å². The first-order valence-electron chi connectivity index (χ1n) is 4.54. The summed E-state index contributed by atoms with van der Waals surface area (Å²) in [6.45, 7) is 0.381. The monoisotopic (exact) mass is 184 g/mol. The Morgan fingerprint density at radius 2 is 2.31 bits per heavy atom. The lowest BCUT2D eigenvalue weighted by Gasteiger charge is -2.36. The van der Waals surface area contributed by atoms with E-state index in [1.165, 1.54) is 0 Å². The molecule has 4 nitrogen and oxygen atoms in total. The Kier molecular flexibility index (Phi) is 2.36. The lowest BCUT2D eigenvalue weighted by atomic mass is 9.80. The Morgan fingerprint density at radius 3 is 3.00 bits per heavy atom. The predicted molar refractivity (Wildman–Crippen MR) is 45.4 cm³/mol. The number of aliphatic hydroxyl groups is 2. The lowest BCUT2D eigenvalue weighted by Crippen LogP contribution is -2.53. The standard InChI is InChI=1S/C8H13BO4/c9-7-6-8(11,2-1-3-12-6)5(4-10)13-7/h5-7,10-11H,1-4H2/t5-,6+,7-,8-/m1/s1. The summed E-state index contributed by atoms with van der Waals surface area (Å²) in [6, 6.07) is -0.623. The molecule has 2 rings (SSSR count). The van der Waals surface area contributed by atoms with Crippen molar-refractivity contribution in [2.24, 2.45) is 0 Å². The van der Waals surface area contributed by atoms with Crippen LogP contribution in [0, 0.1) is 0 Å². The number of aliphatic hydroxyl groups excluding tert-OH is 1. The van der Waals surface area contributed by atoms with E-state index in [-0.39, 0.29) is 6.61 Å². The lowest BCUT2D eigenvalue weighted by molar-refractivity contribution is -0.142. The Hall–Kier alpha value is -0.0951. The highest BCUT2D eigenvalue weighted by Gasteiger charge is 2.55. The zero-order chi connectivity index (χ0) is 9.47. The summed E-state index contributed by atoms with van der Waals surface area (Å²) in [6.07, 6.45) is 0.266. The smallest absolute Gasteiger partial charge is 0.121 e. The maximum Gasteiger partial charge on any atom is 0.121 e. The van der Waals surface area contributed by atoms with Crippen LogP contribution in [-0.4, -0.2) is 55.1 Å². The summed E-state index contributed by atoms with van der Waals surface area (Å²) < 4.78 is 10.6. The van der Waals surface area contributed by atoms with Crippen molar-refractivity contribution >= 4 is 7.85 Å². The van der Waals surface area contributed by atoms with Crippen LogP contribution in [0.3, 0.4) is 0 Å². The number of hydrogen-bond donors (Lipinski definition) is 2. The molecule has 5 heteroatoms. The molecule has 2 saturated heterocycles. The van der Waals surface area contributed by atoms with Crippen molar-refractivity contribution in [3.63, 3.8) is 0 Å². The van der Waals surface area contributed by atoms with E-state index in [0.717, 1.165) is 6.42 Å². The van der Waals surface area contributed by atoms with Crippen molar-refractivity contribution in [3.8, 4) is 0 Å². The fourth-order valence-corrected chi connectivity index (χ4v) is 2.16. The van der Waals surface area contributed by atoms with Gasteiger partial charge in [0.15, 0.2) is 0 Å². The highest BCUT2D eigenvalue weighted by atomic mass is 16.6. The van der Waals surface area contributed by atoms with Crippen molar-refractivity contribution in [2.75, 3.05) is 13.2 Å². The maximum atomic E-state index is 10.2. The van der Waals surface area contributed by atoms with E-state index in [4.69, 9.17) is 22.4 Å². The average molecular weight is 184 g/mol. The fourth-order valence-electron chi connectivity index (χ4n) is 2.16. The van der Waals surface area contributed by atoms with Crippen molar-refractivity contribution < 1.29 is 19.7 Å². The van der Waals surface area contributed by atoms with Crippen LogP contribution in [0.2, 0.25) is 0 Å². The molecule has 0 amide bonds. The molecule has 2 N–H and O–H groups in total. The molecule has 0 saturated carbocycles. The van der Waals surface area contributed by atoms with Crippen LogP contribution in [0.25, 0.3) is 0 Å². The molecule has 2 aliphatic rings. The summed E-state index contributed by atoms with van der Waals surface area (Å²) >= 11 is 0. The molecule has 4 atom stereocenters. The normalized spacial score (nSPS) is 50.5. The zero-order valence-corrected chi connectivity index (χ0v) is 7.35. The van der Waals surface area contributed by atoms with Crippen molar-refractivity contribution in [3.05, 3.63) is 0 Å². The molecule has 0 unspecified atom stereocenters. The zero-order valence-electron chi connectivity index (χ0n) is 7.35. The van der Waals surface area contributed by atoms with Gasteiger partial charge in [0, 0.05) is 12.6 Å². The quantitative estimate of drug-likeness (QED) is 0.501. The van der Waals surface area contributed by atoms with Gasteiger partial charge >= 0.3 is 0 Å². The highest BCUT2D eigenvalue weighted by Crippen LogP contribution is 2.38. The molecular formula is C8H13BO4. The SMILES string of the molecule is [B][C@@H]1O[C@H](CO)[C@]2(O)CCCO[C@@H]12. The van der Waals surface area contributed by atoms with E-state index in [1.54, 1.807) is 0 Å². The number of ether oxygens (including phenoxy) is 2. The van der Waals surface area contributed by atoms with Gasteiger partial charge in [0.1, 0.15) is 25.7 Å². The molecule has 2 fully saturated rings. The molecule has 0 spiro atoms. The van der Waals surface area contributed by atoms with Crippen LogP contribution in [0.15, 0.2) is 0 Å². The number of rotatable bonds is 1. The van der Waals surface area contributed by atoms with Gasteiger partial charge in [-0.2, -0.15) is 0 Å². The minimum absolute atomic E-state index is 0.218. The molecular weight excluding hydrogens is 171 g/mol.